The molecule has 0 aliphatic rings. The number of hydrogen-bond acceptors (Lipinski definition) is 3. The molecule has 0 spiro atoms. The standard InChI is InChI=1S/C4H2ClNO2S.K/c5-2-1-6-3(9-2)4(7)8;/h1H,(H,7,8);. The first-order valence-corrected chi connectivity index (χ1v) is 3.24. The molecule has 49 valence electrons. The number of hydrogen-bond donors (Lipinski definition) is 1. The summed E-state index contributed by atoms with van der Waals surface area (Å²) in [6.45, 7) is 0. The van der Waals surface area contributed by atoms with Crippen molar-refractivity contribution in [3.63, 3.8) is 0 Å². The second kappa shape index (κ2) is 4.81. The van der Waals surface area contributed by atoms with Crippen LogP contribution < -0.4 is 0 Å². The van der Waals surface area contributed by atoms with Crippen LogP contribution in [0.4, 0.5) is 0 Å². The predicted molar refractivity (Wildman–Crippen MR) is 39.8 cm³/mol. The Bertz CT molecular complexity index is 239. The van der Waals surface area contributed by atoms with Crippen LogP contribution in [0.1, 0.15) is 9.80 Å². The van der Waals surface area contributed by atoms with E-state index in [2.05, 4.69) is 4.98 Å². The summed E-state index contributed by atoms with van der Waals surface area (Å²) in [7, 11) is 0. The smallest absolute Gasteiger partial charge is 0.365 e. The van der Waals surface area contributed by atoms with Crippen LogP contribution in [0.3, 0.4) is 0 Å². The fourth-order valence-electron chi connectivity index (χ4n) is 0.353. The van der Waals surface area contributed by atoms with Crippen molar-refractivity contribution in [1.82, 2.24) is 4.98 Å². The molecule has 0 amide bonds. The van der Waals surface area contributed by atoms with Crippen LogP contribution in [0.25, 0.3) is 0 Å². The SMILES string of the molecule is O=C(O)c1ncc(Cl)s1.[K]. The van der Waals surface area contributed by atoms with Crippen molar-refractivity contribution in [2.24, 2.45) is 0 Å². The zero-order chi connectivity index (χ0) is 6.85. The van der Waals surface area contributed by atoms with Crippen LogP contribution in [-0.2, 0) is 0 Å². The molecule has 1 aromatic heterocycles. The fourth-order valence-corrected chi connectivity index (χ4v) is 1.10. The molecule has 0 fully saturated rings. The van der Waals surface area contributed by atoms with Gasteiger partial charge < -0.3 is 5.11 Å². The number of aromatic carboxylic acids is 1. The number of carboxylic acids is 1. The molecule has 10 heavy (non-hydrogen) atoms. The Morgan fingerprint density at radius 1 is 1.80 bits per heavy atom. The Labute approximate surface area is 109 Å². The minimum Gasteiger partial charge on any atom is -0.476 e. The first-order chi connectivity index (χ1) is 4.20. The molecule has 1 rings (SSSR count). The molecule has 3 nitrogen and oxygen atoms in total. The maximum atomic E-state index is 10.1. The summed E-state index contributed by atoms with van der Waals surface area (Å²) < 4.78 is 0.396. The van der Waals surface area contributed by atoms with E-state index in [4.69, 9.17) is 16.7 Å². The third-order valence-corrected chi connectivity index (χ3v) is 1.76. The van der Waals surface area contributed by atoms with Crippen molar-refractivity contribution in [3.05, 3.63) is 15.5 Å². The Morgan fingerprint density at radius 2 is 2.40 bits per heavy atom. The van der Waals surface area contributed by atoms with Crippen LogP contribution in [0.5, 0.6) is 0 Å². The summed E-state index contributed by atoms with van der Waals surface area (Å²) in [5.41, 5.74) is 0. The minimum atomic E-state index is -1.04. The summed E-state index contributed by atoms with van der Waals surface area (Å²) in [5.74, 6) is -1.04. The number of nitrogens with zero attached hydrogens (tertiary/aromatic N) is 1. The van der Waals surface area contributed by atoms with Gasteiger partial charge in [-0.2, -0.15) is 0 Å². The average Bonchev–Trinajstić information content (AvgIpc) is 2.14. The molecule has 0 unspecified atom stereocenters. The van der Waals surface area contributed by atoms with Gasteiger partial charge in [-0.05, 0) is 0 Å². The Hall–Kier alpha value is 1.03. The molecule has 0 saturated carbocycles. The number of thiazole rings is 1. The van der Waals surface area contributed by atoms with Crippen molar-refractivity contribution in [2.75, 3.05) is 0 Å². The Balaban J connectivity index is 0.000000810. The summed E-state index contributed by atoms with van der Waals surface area (Å²) in [4.78, 5) is 13.6. The van der Waals surface area contributed by atoms with Crippen molar-refractivity contribution < 1.29 is 9.90 Å². The van der Waals surface area contributed by atoms with Gasteiger partial charge in [0.1, 0.15) is 4.34 Å². The van der Waals surface area contributed by atoms with Crippen molar-refractivity contribution in [1.29, 1.82) is 0 Å². The van der Waals surface area contributed by atoms with Gasteiger partial charge in [0, 0.05) is 51.4 Å². The van der Waals surface area contributed by atoms with E-state index in [1.165, 1.54) is 6.20 Å². The number of rotatable bonds is 1. The molecule has 0 bridgehead atoms. The minimum absolute atomic E-state index is 0. The number of aromatic nitrogens is 1. The molecular weight excluding hydrogens is 201 g/mol. The summed E-state index contributed by atoms with van der Waals surface area (Å²) in [6, 6.07) is 0. The predicted octanol–water partition coefficient (Wildman–Crippen LogP) is 1.11. The number of carbonyl (C=O) groups is 1. The normalized spacial score (nSPS) is 8.50. The maximum absolute atomic E-state index is 10.1. The van der Waals surface area contributed by atoms with Crippen LogP contribution >= 0.6 is 22.9 Å². The van der Waals surface area contributed by atoms with Crippen molar-refractivity contribution in [3.8, 4) is 0 Å². The molecule has 1 aromatic rings. The Kier molecular flexibility index (Phi) is 5.31. The molecular formula is C4H2ClKNO2S. The zero-order valence-corrected chi connectivity index (χ0v) is 9.86. The van der Waals surface area contributed by atoms with Crippen LogP contribution in [0, 0.1) is 0 Å². The van der Waals surface area contributed by atoms with E-state index in [0.717, 1.165) is 11.3 Å². The third-order valence-electron chi connectivity index (χ3n) is 0.660. The van der Waals surface area contributed by atoms with Gasteiger partial charge >= 0.3 is 5.97 Å². The second-order valence-corrected chi connectivity index (χ2v) is 2.94. The van der Waals surface area contributed by atoms with E-state index < -0.39 is 5.97 Å². The van der Waals surface area contributed by atoms with Gasteiger partial charge in [0.15, 0.2) is 0 Å². The van der Waals surface area contributed by atoms with Gasteiger partial charge in [-0.1, -0.05) is 22.9 Å². The zero-order valence-electron chi connectivity index (χ0n) is 5.17. The number of carboxylic acid groups (broad SMARTS) is 1. The Morgan fingerprint density at radius 3 is 2.60 bits per heavy atom. The van der Waals surface area contributed by atoms with Crippen LogP contribution in [0.2, 0.25) is 4.34 Å². The first kappa shape index (κ1) is 11.0. The molecule has 0 aromatic carbocycles. The quantitative estimate of drug-likeness (QED) is 0.695. The maximum Gasteiger partial charge on any atom is 0.365 e. The molecule has 0 atom stereocenters. The van der Waals surface area contributed by atoms with Crippen molar-refractivity contribution >= 4 is 80.3 Å². The molecule has 0 aliphatic carbocycles. The molecule has 0 saturated heterocycles. The second-order valence-electron chi connectivity index (χ2n) is 1.27. The summed E-state index contributed by atoms with van der Waals surface area (Å²) in [6.07, 6.45) is 1.32. The van der Waals surface area contributed by atoms with E-state index in [-0.39, 0.29) is 56.4 Å². The molecule has 1 radical (unpaired) electrons. The summed E-state index contributed by atoms with van der Waals surface area (Å²) >= 11 is 6.35. The van der Waals surface area contributed by atoms with E-state index in [1.807, 2.05) is 0 Å². The topological polar surface area (TPSA) is 50.2 Å². The van der Waals surface area contributed by atoms with E-state index in [9.17, 15) is 4.79 Å². The number of halogens is 1. The van der Waals surface area contributed by atoms with Crippen LogP contribution in [0.15, 0.2) is 6.20 Å². The van der Waals surface area contributed by atoms with Gasteiger partial charge in [0.2, 0.25) is 5.01 Å². The third kappa shape index (κ3) is 2.96. The molecule has 6 heteroatoms. The van der Waals surface area contributed by atoms with Crippen molar-refractivity contribution in [2.45, 2.75) is 0 Å². The molecule has 1 N–H and O–H groups in total. The van der Waals surface area contributed by atoms with E-state index in [1.54, 1.807) is 0 Å². The van der Waals surface area contributed by atoms with E-state index in [0.29, 0.717) is 4.34 Å². The molecule has 0 aliphatic heterocycles. The largest absolute Gasteiger partial charge is 0.476 e. The average molecular weight is 203 g/mol. The van der Waals surface area contributed by atoms with Gasteiger partial charge in [0.25, 0.3) is 0 Å². The molecule has 1 heterocycles. The van der Waals surface area contributed by atoms with Gasteiger partial charge in [0.05, 0.1) is 6.20 Å². The summed E-state index contributed by atoms with van der Waals surface area (Å²) in [5, 5.41) is 8.32. The monoisotopic (exact) mass is 202 g/mol. The van der Waals surface area contributed by atoms with E-state index >= 15 is 0 Å². The van der Waals surface area contributed by atoms with Crippen LogP contribution in [-0.4, -0.2) is 67.4 Å². The van der Waals surface area contributed by atoms with Gasteiger partial charge in [-0.25, -0.2) is 9.78 Å². The first-order valence-electron chi connectivity index (χ1n) is 2.05. The fraction of sp³-hybridized carbons (Fsp3) is 0. The van der Waals surface area contributed by atoms with Gasteiger partial charge in [-0.3, -0.25) is 0 Å². The van der Waals surface area contributed by atoms with Gasteiger partial charge in [-0.15, -0.1) is 0 Å².